The summed E-state index contributed by atoms with van der Waals surface area (Å²) in [5.74, 6) is 0.740. The van der Waals surface area contributed by atoms with Crippen LogP contribution in [0.3, 0.4) is 0 Å². The molecule has 1 amide bonds. The molecule has 2 rings (SSSR count). The zero-order valence-electron chi connectivity index (χ0n) is 15.3. The highest BCUT2D eigenvalue weighted by molar-refractivity contribution is 5.90. The molecule has 1 aromatic carbocycles. The summed E-state index contributed by atoms with van der Waals surface area (Å²) in [6, 6.07) is 10.0. The van der Waals surface area contributed by atoms with Crippen molar-refractivity contribution in [3.63, 3.8) is 0 Å². The first-order valence-corrected chi connectivity index (χ1v) is 8.44. The highest BCUT2D eigenvalue weighted by Gasteiger charge is 2.21. The van der Waals surface area contributed by atoms with Crippen molar-refractivity contribution in [3.05, 3.63) is 41.6 Å². The molecule has 0 bridgehead atoms. The van der Waals surface area contributed by atoms with Gasteiger partial charge in [0.1, 0.15) is 5.82 Å². The summed E-state index contributed by atoms with van der Waals surface area (Å²) in [4.78, 5) is 12.2. The first-order chi connectivity index (χ1) is 11.3. The number of benzene rings is 1. The number of para-hydroxylation sites is 1. The zero-order chi connectivity index (χ0) is 17.7. The van der Waals surface area contributed by atoms with E-state index < -0.39 is 0 Å². The predicted molar refractivity (Wildman–Crippen MR) is 98.8 cm³/mol. The number of carbonyl (C=O) groups is 1. The van der Waals surface area contributed by atoms with Gasteiger partial charge < -0.3 is 10.6 Å². The van der Waals surface area contributed by atoms with Gasteiger partial charge in [-0.3, -0.25) is 4.79 Å². The Labute approximate surface area is 144 Å². The van der Waals surface area contributed by atoms with E-state index in [0.29, 0.717) is 6.42 Å². The largest absolute Gasteiger partial charge is 0.320 e. The van der Waals surface area contributed by atoms with Crippen LogP contribution >= 0.6 is 0 Å². The Morgan fingerprint density at radius 1 is 1.25 bits per heavy atom. The van der Waals surface area contributed by atoms with Crippen LogP contribution in [0.4, 0.5) is 5.82 Å². The van der Waals surface area contributed by atoms with Crippen molar-refractivity contribution in [3.8, 4) is 5.69 Å². The Bertz CT molecular complexity index is 698. The summed E-state index contributed by atoms with van der Waals surface area (Å²) < 4.78 is 1.84. The molecule has 2 N–H and O–H groups in total. The van der Waals surface area contributed by atoms with E-state index in [2.05, 4.69) is 31.4 Å². The number of amides is 1. The molecule has 0 spiro atoms. The highest BCUT2D eigenvalue weighted by Crippen LogP contribution is 2.27. The first-order valence-electron chi connectivity index (χ1n) is 8.44. The monoisotopic (exact) mass is 328 g/mol. The molecule has 0 fully saturated rings. The SMILES string of the molecule is CNCCCC(=O)Nc1cc(C(C)(C)C)nn1-c1ccccc1C. The minimum atomic E-state index is -0.0838. The quantitative estimate of drug-likeness (QED) is 0.799. The molecule has 0 aliphatic carbocycles. The Morgan fingerprint density at radius 3 is 2.58 bits per heavy atom. The molecule has 0 aliphatic rings. The lowest BCUT2D eigenvalue weighted by Gasteiger charge is -2.14. The second kappa shape index (κ2) is 7.62. The Kier molecular flexibility index (Phi) is 5.78. The van der Waals surface area contributed by atoms with Crippen LogP contribution in [-0.4, -0.2) is 29.3 Å². The molecule has 5 heteroatoms. The van der Waals surface area contributed by atoms with E-state index in [9.17, 15) is 4.79 Å². The van der Waals surface area contributed by atoms with Crippen molar-refractivity contribution in [2.45, 2.75) is 46.0 Å². The Morgan fingerprint density at radius 2 is 1.96 bits per heavy atom. The van der Waals surface area contributed by atoms with E-state index in [1.54, 1.807) is 0 Å². The molecule has 1 heterocycles. The van der Waals surface area contributed by atoms with Gasteiger partial charge in [-0.1, -0.05) is 39.0 Å². The van der Waals surface area contributed by atoms with Crippen molar-refractivity contribution >= 4 is 11.7 Å². The lowest BCUT2D eigenvalue weighted by Crippen LogP contribution is -2.17. The third-order valence-corrected chi connectivity index (χ3v) is 3.92. The minimum absolute atomic E-state index is 0.0143. The maximum Gasteiger partial charge on any atom is 0.225 e. The van der Waals surface area contributed by atoms with Crippen molar-refractivity contribution < 1.29 is 4.79 Å². The molecular formula is C19H28N4O. The maximum absolute atomic E-state index is 12.2. The van der Waals surface area contributed by atoms with Gasteiger partial charge in [-0.05, 0) is 38.6 Å². The number of nitrogens with zero attached hydrogens (tertiary/aromatic N) is 2. The van der Waals surface area contributed by atoms with E-state index in [1.807, 2.05) is 49.0 Å². The van der Waals surface area contributed by atoms with Crippen LogP contribution in [0.15, 0.2) is 30.3 Å². The zero-order valence-corrected chi connectivity index (χ0v) is 15.3. The van der Waals surface area contributed by atoms with E-state index in [1.165, 1.54) is 0 Å². The van der Waals surface area contributed by atoms with Gasteiger partial charge in [0.2, 0.25) is 5.91 Å². The lowest BCUT2D eigenvalue weighted by atomic mass is 9.92. The van der Waals surface area contributed by atoms with Crippen LogP contribution in [0, 0.1) is 6.92 Å². The number of aryl methyl sites for hydroxylation is 1. The molecule has 0 radical (unpaired) electrons. The minimum Gasteiger partial charge on any atom is -0.320 e. The van der Waals surface area contributed by atoms with Crippen molar-refractivity contribution in [2.24, 2.45) is 0 Å². The topological polar surface area (TPSA) is 59.0 Å². The van der Waals surface area contributed by atoms with Crippen molar-refractivity contribution in [2.75, 3.05) is 18.9 Å². The molecule has 24 heavy (non-hydrogen) atoms. The van der Waals surface area contributed by atoms with Gasteiger partial charge >= 0.3 is 0 Å². The number of hydrogen-bond acceptors (Lipinski definition) is 3. The molecule has 5 nitrogen and oxygen atoms in total. The number of carbonyl (C=O) groups excluding carboxylic acids is 1. The standard InChI is InChI=1S/C19H28N4O/c1-14-9-6-7-10-15(14)23-17(13-16(22-23)19(2,3)4)21-18(24)11-8-12-20-5/h6-7,9-10,13,20H,8,11-12H2,1-5H3,(H,21,24). The molecule has 0 aliphatic heterocycles. The summed E-state index contributed by atoms with van der Waals surface area (Å²) >= 11 is 0. The summed E-state index contributed by atoms with van der Waals surface area (Å²) in [6.45, 7) is 9.24. The Balaban J connectivity index is 2.33. The molecule has 0 saturated carbocycles. The average molecular weight is 328 g/mol. The molecule has 0 unspecified atom stereocenters. The van der Waals surface area contributed by atoms with Gasteiger partial charge in [-0.15, -0.1) is 0 Å². The van der Waals surface area contributed by atoms with E-state index in [4.69, 9.17) is 5.10 Å². The maximum atomic E-state index is 12.2. The van der Waals surface area contributed by atoms with E-state index in [0.717, 1.165) is 35.7 Å². The third kappa shape index (κ3) is 4.45. The molecule has 130 valence electrons. The van der Waals surface area contributed by atoms with Gasteiger partial charge in [-0.25, -0.2) is 4.68 Å². The van der Waals surface area contributed by atoms with Crippen LogP contribution in [0.2, 0.25) is 0 Å². The van der Waals surface area contributed by atoms with Crippen LogP contribution in [-0.2, 0) is 10.2 Å². The summed E-state index contributed by atoms with van der Waals surface area (Å²) in [5, 5.41) is 10.8. The van der Waals surface area contributed by atoms with Crippen LogP contribution in [0.1, 0.15) is 44.9 Å². The molecule has 1 aromatic heterocycles. The second-order valence-electron chi connectivity index (χ2n) is 7.12. The Hall–Kier alpha value is -2.14. The summed E-state index contributed by atoms with van der Waals surface area (Å²) in [6.07, 6.45) is 1.30. The fraction of sp³-hybridized carbons (Fsp3) is 0.474. The third-order valence-electron chi connectivity index (χ3n) is 3.92. The number of anilines is 1. The fourth-order valence-corrected chi connectivity index (χ4v) is 2.45. The average Bonchev–Trinajstić information content (AvgIpc) is 2.92. The smallest absolute Gasteiger partial charge is 0.225 e. The van der Waals surface area contributed by atoms with Gasteiger partial charge in [0, 0.05) is 17.9 Å². The van der Waals surface area contributed by atoms with Gasteiger partial charge in [-0.2, -0.15) is 5.10 Å². The number of rotatable bonds is 6. The van der Waals surface area contributed by atoms with Gasteiger partial charge in [0.25, 0.3) is 0 Å². The number of nitrogens with one attached hydrogen (secondary N) is 2. The lowest BCUT2D eigenvalue weighted by molar-refractivity contribution is -0.116. The van der Waals surface area contributed by atoms with Gasteiger partial charge in [0.05, 0.1) is 11.4 Å². The van der Waals surface area contributed by atoms with Crippen molar-refractivity contribution in [1.29, 1.82) is 0 Å². The molecule has 0 atom stereocenters. The predicted octanol–water partition coefficient (Wildman–Crippen LogP) is 3.42. The normalized spacial score (nSPS) is 11.5. The highest BCUT2D eigenvalue weighted by atomic mass is 16.1. The summed E-state index contributed by atoms with van der Waals surface area (Å²) in [7, 11) is 1.89. The van der Waals surface area contributed by atoms with Crippen molar-refractivity contribution in [1.82, 2.24) is 15.1 Å². The fourth-order valence-electron chi connectivity index (χ4n) is 2.45. The van der Waals surface area contributed by atoms with E-state index in [-0.39, 0.29) is 11.3 Å². The summed E-state index contributed by atoms with van der Waals surface area (Å²) in [5.41, 5.74) is 2.97. The van der Waals surface area contributed by atoms with Crippen LogP contribution < -0.4 is 10.6 Å². The van der Waals surface area contributed by atoms with E-state index >= 15 is 0 Å². The number of aromatic nitrogens is 2. The molecule has 2 aromatic rings. The molecule has 0 saturated heterocycles. The number of hydrogen-bond donors (Lipinski definition) is 2. The second-order valence-corrected chi connectivity index (χ2v) is 7.12. The first kappa shape index (κ1) is 18.2. The molecular weight excluding hydrogens is 300 g/mol. The van der Waals surface area contributed by atoms with Crippen LogP contribution in [0.25, 0.3) is 5.69 Å². The van der Waals surface area contributed by atoms with Crippen LogP contribution in [0.5, 0.6) is 0 Å². The van der Waals surface area contributed by atoms with Gasteiger partial charge in [0.15, 0.2) is 0 Å².